The van der Waals surface area contributed by atoms with E-state index in [0.717, 1.165) is 26.1 Å². The quantitative estimate of drug-likeness (QED) is 0.570. The topological polar surface area (TPSA) is 40.6 Å². The fourth-order valence-electron chi connectivity index (χ4n) is 5.82. The second kappa shape index (κ2) is 7.51. The van der Waals surface area contributed by atoms with Crippen molar-refractivity contribution >= 4 is 17.5 Å². The van der Waals surface area contributed by atoms with Gasteiger partial charge in [-0.15, -0.1) is 0 Å². The highest BCUT2D eigenvalue weighted by Gasteiger charge is 2.56. The van der Waals surface area contributed by atoms with E-state index in [0.29, 0.717) is 5.69 Å². The van der Waals surface area contributed by atoms with Gasteiger partial charge >= 0.3 is 0 Å². The molecular weight excluding hydrogens is 372 g/mol. The fourth-order valence-corrected chi connectivity index (χ4v) is 5.82. The highest BCUT2D eigenvalue weighted by atomic mass is 16.2. The second-order valence-corrected chi connectivity index (χ2v) is 8.97. The summed E-state index contributed by atoms with van der Waals surface area (Å²) < 4.78 is 0. The van der Waals surface area contributed by atoms with Gasteiger partial charge in [0.05, 0.1) is 17.5 Å². The Morgan fingerprint density at radius 3 is 2.00 bits per heavy atom. The van der Waals surface area contributed by atoms with Crippen LogP contribution in [0.3, 0.4) is 0 Å². The average molecular weight is 401 g/mol. The molecule has 0 N–H and O–H groups in total. The summed E-state index contributed by atoms with van der Waals surface area (Å²) in [6.07, 6.45) is 0.990. The number of imide groups is 1. The molecule has 0 spiro atoms. The summed E-state index contributed by atoms with van der Waals surface area (Å²) in [4.78, 5) is 30.7. The van der Waals surface area contributed by atoms with E-state index in [1.54, 1.807) is 0 Å². The summed E-state index contributed by atoms with van der Waals surface area (Å²) in [5.41, 5.74) is 4.83. The molecule has 2 aromatic carbocycles. The number of amides is 2. The molecule has 0 radical (unpaired) electrons. The van der Waals surface area contributed by atoms with Crippen LogP contribution in [0.5, 0.6) is 0 Å². The lowest BCUT2D eigenvalue weighted by Gasteiger charge is -2.43. The third-order valence-electron chi connectivity index (χ3n) is 7.34. The van der Waals surface area contributed by atoms with Crippen molar-refractivity contribution in [2.45, 2.75) is 26.8 Å². The minimum Gasteiger partial charge on any atom is -0.295 e. The van der Waals surface area contributed by atoms with E-state index in [1.165, 1.54) is 21.6 Å². The Balaban J connectivity index is 1.43. The van der Waals surface area contributed by atoms with Crippen molar-refractivity contribution in [3.05, 3.63) is 77.4 Å². The highest BCUT2D eigenvalue weighted by molar-refractivity contribution is 6.22. The van der Waals surface area contributed by atoms with Crippen molar-refractivity contribution in [1.29, 1.82) is 0 Å². The van der Waals surface area contributed by atoms with Crippen LogP contribution in [0.15, 0.2) is 71.8 Å². The molecule has 4 atom stereocenters. The Bertz CT molecular complexity index is 998. The molecule has 1 aliphatic carbocycles. The molecule has 2 heterocycles. The molecule has 0 unspecified atom stereocenters. The first-order chi connectivity index (χ1) is 14.6. The van der Waals surface area contributed by atoms with Crippen LogP contribution in [0.4, 0.5) is 5.69 Å². The van der Waals surface area contributed by atoms with Gasteiger partial charge in [0.2, 0.25) is 11.8 Å². The summed E-state index contributed by atoms with van der Waals surface area (Å²) in [6, 6.07) is 20.0. The van der Waals surface area contributed by atoms with E-state index in [2.05, 4.69) is 43.0 Å². The van der Waals surface area contributed by atoms with Crippen molar-refractivity contribution < 1.29 is 9.59 Å². The monoisotopic (exact) mass is 400 g/mol. The number of carbonyl (C=O) groups is 2. The Labute approximate surface area is 178 Å². The summed E-state index contributed by atoms with van der Waals surface area (Å²) in [5, 5.41) is 0. The van der Waals surface area contributed by atoms with Gasteiger partial charge < -0.3 is 0 Å². The molecule has 154 valence electrons. The smallest absolute Gasteiger partial charge is 0.238 e. The van der Waals surface area contributed by atoms with Crippen LogP contribution in [0.25, 0.3) is 0 Å². The van der Waals surface area contributed by atoms with E-state index >= 15 is 0 Å². The third-order valence-corrected chi connectivity index (χ3v) is 7.34. The number of hydrogen-bond donors (Lipinski definition) is 0. The minimum atomic E-state index is -0.247. The Morgan fingerprint density at radius 2 is 1.37 bits per heavy atom. The molecule has 0 saturated carbocycles. The zero-order chi connectivity index (χ0) is 20.8. The molecule has 2 amide bonds. The first-order valence-electron chi connectivity index (χ1n) is 11.0. The van der Waals surface area contributed by atoms with Crippen molar-refractivity contribution in [3.63, 3.8) is 0 Å². The molecular formula is C26H28N2O2. The van der Waals surface area contributed by atoms with Gasteiger partial charge in [0.25, 0.3) is 0 Å². The van der Waals surface area contributed by atoms with Crippen molar-refractivity contribution in [2.24, 2.45) is 23.7 Å². The molecule has 5 rings (SSSR count). The van der Waals surface area contributed by atoms with Gasteiger partial charge in [-0.1, -0.05) is 73.5 Å². The molecule has 3 aliphatic rings. The molecule has 30 heavy (non-hydrogen) atoms. The fraction of sp³-hybridized carbons (Fsp3) is 0.385. The number of anilines is 1. The van der Waals surface area contributed by atoms with Crippen LogP contribution >= 0.6 is 0 Å². The summed E-state index contributed by atoms with van der Waals surface area (Å²) in [6.45, 7) is 7.14. The zero-order valence-electron chi connectivity index (χ0n) is 17.6. The van der Waals surface area contributed by atoms with Crippen molar-refractivity contribution in [1.82, 2.24) is 4.90 Å². The first-order valence-corrected chi connectivity index (χ1v) is 11.0. The molecule has 1 saturated heterocycles. The number of para-hydroxylation sites is 1. The van der Waals surface area contributed by atoms with Gasteiger partial charge in [-0.2, -0.15) is 0 Å². The van der Waals surface area contributed by atoms with Gasteiger partial charge in [-0.25, -0.2) is 0 Å². The van der Waals surface area contributed by atoms with Gasteiger partial charge in [-0.3, -0.25) is 19.4 Å². The molecule has 0 aromatic heterocycles. The minimum absolute atomic E-state index is 0.0196. The van der Waals surface area contributed by atoms with Gasteiger partial charge in [-0.05, 0) is 36.0 Å². The van der Waals surface area contributed by atoms with E-state index < -0.39 is 0 Å². The normalized spacial score (nSPS) is 29.2. The molecule has 4 nitrogen and oxygen atoms in total. The first kappa shape index (κ1) is 19.3. The standard InChI is InChI=1S/C26H28N2O2/c1-17-21-13-14-27(15-19-9-5-3-6-10-19)16-22(21)18(2)24-23(17)25(29)28(26(24)30)20-11-7-4-8-12-20/h3-12,17-18,23-24H,13-16H2,1-2H3/t17-,18+,23-,24+/m0/s1. The number of benzene rings is 2. The second-order valence-electron chi connectivity index (χ2n) is 8.97. The number of fused-ring (bicyclic) bond motifs is 1. The van der Waals surface area contributed by atoms with E-state index in [9.17, 15) is 9.59 Å². The van der Waals surface area contributed by atoms with Crippen LogP contribution in [-0.4, -0.2) is 29.8 Å². The average Bonchev–Trinajstić information content (AvgIpc) is 3.04. The SMILES string of the molecule is C[C@@H]1C2=C(CCN(Cc3ccccc3)C2)[C@H](C)[C@@H]2C(=O)N(c3ccccc3)C(=O)[C@@H]21. The molecule has 0 bridgehead atoms. The van der Waals surface area contributed by atoms with E-state index in [4.69, 9.17) is 0 Å². The predicted octanol–water partition coefficient (Wildman–Crippen LogP) is 4.28. The lowest BCUT2D eigenvalue weighted by Crippen LogP contribution is -2.43. The molecule has 4 heteroatoms. The number of nitrogens with zero attached hydrogens (tertiary/aromatic N) is 2. The largest absolute Gasteiger partial charge is 0.295 e. The maximum atomic E-state index is 13.4. The van der Waals surface area contributed by atoms with E-state index in [-0.39, 0.29) is 35.5 Å². The van der Waals surface area contributed by atoms with Crippen LogP contribution in [0.2, 0.25) is 0 Å². The Kier molecular flexibility index (Phi) is 4.82. The van der Waals surface area contributed by atoms with Crippen LogP contribution in [0, 0.1) is 23.7 Å². The predicted molar refractivity (Wildman–Crippen MR) is 118 cm³/mol. The molecule has 2 aliphatic heterocycles. The van der Waals surface area contributed by atoms with Crippen LogP contribution in [0.1, 0.15) is 25.8 Å². The zero-order valence-corrected chi connectivity index (χ0v) is 17.6. The summed E-state index contributed by atoms with van der Waals surface area (Å²) >= 11 is 0. The Hall–Kier alpha value is -2.72. The maximum Gasteiger partial charge on any atom is 0.238 e. The number of hydrogen-bond acceptors (Lipinski definition) is 3. The third kappa shape index (κ3) is 3.02. The Morgan fingerprint density at radius 1 is 0.800 bits per heavy atom. The summed E-state index contributed by atoms with van der Waals surface area (Å²) in [5.74, 6) is -0.290. The van der Waals surface area contributed by atoms with Crippen molar-refractivity contribution in [3.8, 4) is 0 Å². The van der Waals surface area contributed by atoms with Crippen LogP contribution < -0.4 is 4.90 Å². The highest BCUT2D eigenvalue weighted by Crippen LogP contribution is 2.50. The molecule has 2 aromatic rings. The number of rotatable bonds is 3. The lowest BCUT2D eigenvalue weighted by atomic mass is 9.64. The van der Waals surface area contributed by atoms with Crippen LogP contribution in [-0.2, 0) is 16.1 Å². The lowest BCUT2D eigenvalue weighted by molar-refractivity contribution is -0.122. The van der Waals surface area contributed by atoms with Gasteiger partial charge in [0.15, 0.2) is 0 Å². The van der Waals surface area contributed by atoms with Gasteiger partial charge in [0, 0.05) is 19.6 Å². The van der Waals surface area contributed by atoms with Crippen molar-refractivity contribution in [2.75, 3.05) is 18.0 Å². The van der Waals surface area contributed by atoms with Gasteiger partial charge in [0.1, 0.15) is 0 Å². The summed E-state index contributed by atoms with van der Waals surface area (Å²) in [7, 11) is 0. The maximum absolute atomic E-state index is 13.4. The number of carbonyl (C=O) groups excluding carboxylic acids is 2. The van der Waals surface area contributed by atoms with E-state index in [1.807, 2.05) is 36.4 Å². The molecule has 1 fully saturated rings.